The van der Waals surface area contributed by atoms with Crippen molar-refractivity contribution in [2.45, 2.75) is 26.4 Å². The van der Waals surface area contributed by atoms with Crippen molar-refractivity contribution in [3.05, 3.63) is 81.8 Å². The van der Waals surface area contributed by atoms with Crippen LogP contribution < -0.4 is 0 Å². The van der Waals surface area contributed by atoms with Crippen molar-refractivity contribution in [3.8, 4) is 0 Å². The summed E-state index contributed by atoms with van der Waals surface area (Å²) >= 11 is 1.62. The minimum Gasteiger partial charge on any atom is -0.383 e. The number of benzene rings is 1. The molecule has 0 bridgehead atoms. The second-order valence-electron chi connectivity index (χ2n) is 6.68. The average Bonchev–Trinajstić information content (AvgIpc) is 3.32. The summed E-state index contributed by atoms with van der Waals surface area (Å²) in [6.07, 6.45) is 2.52. The van der Waals surface area contributed by atoms with Gasteiger partial charge >= 0.3 is 0 Å². The van der Waals surface area contributed by atoms with Crippen molar-refractivity contribution in [3.63, 3.8) is 0 Å². The average molecular weight is 383 g/mol. The Kier molecular flexibility index (Phi) is 6.85. The summed E-state index contributed by atoms with van der Waals surface area (Å²) in [5, 5.41) is 2.01. The molecule has 0 unspecified atom stereocenters. The molecule has 2 aromatic heterocycles. The fourth-order valence-electron chi connectivity index (χ4n) is 3.00. The number of methoxy groups -OCH3 is 1. The Labute approximate surface area is 165 Å². The van der Waals surface area contributed by atoms with Crippen LogP contribution in [0.4, 0.5) is 0 Å². The van der Waals surface area contributed by atoms with Gasteiger partial charge in [0, 0.05) is 37.0 Å². The van der Waals surface area contributed by atoms with Gasteiger partial charge in [-0.05, 0) is 36.1 Å². The third-order valence-electron chi connectivity index (χ3n) is 4.57. The smallest absolute Gasteiger partial charge is 0.228 e. The third-order valence-corrected chi connectivity index (χ3v) is 5.45. The van der Waals surface area contributed by atoms with Crippen LogP contribution in [-0.4, -0.2) is 35.6 Å². The summed E-state index contributed by atoms with van der Waals surface area (Å²) in [5.74, 6) is 0.137. The predicted molar refractivity (Wildman–Crippen MR) is 110 cm³/mol. The number of aryl methyl sites for hydroxylation is 1. The molecule has 5 heteroatoms. The molecule has 142 valence electrons. The molecular weight excluding hydrogens is 356 g/mol. The summed E-state index contributed by atoms with van der Waals surface area (Å²) in [7, 11) is 1.67. The van der Waals surface area contributed by atoms with Gasteiger partial charge in [0.05, 0.1) is 19.6 Å². The van der Waals surface area contributed by atoms with Crippen LogP contribution >= 0.6 is 11.3 Å². The van der Waals surface area contributed by atoms with Gasteiger partial charge in [0.2, 0.25) is 5.91 Å². The lowest BCUT2D eigenvalue weighted by Crippen LogP contribution is -2.35. The van der Waals surface area contributed by atoms with Crippen LogP contribution in [-0.2, 0) is 29.0 Å². The maximum absolute atomic E-state index is 12.8. The molecule has 0 aliphatic carbocycles. The molecule has 1 amide bonds. The minimum atomic E-state index is 0.137. The van der Waals surface area contributed by atoms with Gasteiger partial charge < -0.3 is 14.2 Å². The van der Waals surface area contributed by atoms with Crippen molar-refractivity contribution >= 4 is 17.2 Å². The van der Waals surface area contributed by atoms with E-state index < -0.39 is 0 Å². The highest BCUT2D eigenvalue weighted by Crippen LogP contribution is 2.15. The molecule has 0 fully saturated rings. The topological polar surface area (TPSA) is 34.5 Å². The molecule has 2 heterocycles. The van der Waals surface area contributed by atoms with E-state index in [0.29, 0.717) is 26.1 Å². The van der Waals surface area contributed by atoms with Gasteiger partial charge in [0.1, 0.15) is 0 Å². The van der Waals surface area contributed by atoms with E-state index in [9.17, 15) is 4.79 Å². The predicted octanol–water partition coefficient (Wildman–Crippen LogP) is 4.12. The molecule has 3 rings (SSSR count). The Balaban J connectivity index is 1.70. The zero-order valence-electron chi connectivity index (χ0n) is 15.9. The summed E-state index contributed by atoms with van der Waals surface area (Å²) in [6, 6.07) is 16.7. The number of rotatable bonds is 9. The SMILES string of the molecule is COCCN(Cc1cccn1Cc1ccc(C)cc1)C(=O)Cc1cccs1. The van der Waals surface area contributed by atoms with E-state index in [0.717, 1.165) is 17.1 Å². The Morgan fingerprint density at radius 3 is 2.67 bits per heavy atom. The van der Waals surface area contributed by atoms with E-state index in [2.05, 4.69) is 48.0 Å². The molecule has 0 N–H and O–H groups in total. The van der Waals surface area contributed by atoms with Gasteiger partial charge in [-0.3, -0.25) is 4.79 Å². The first-order chi connectivity index (χ1) is 13.2. The zero-order chi connectivity index (χ0) is 19.1. The van der Waals surface area contributed by atoms with E-state index >= 15 is 0 Å². The molecule has 1 aromatic carbocycles. The maximum Gasteiger partial charge on any atom is 0.228 e. The lowest BCUT2D eigenvalue weighted by molar-refractivity contribution is -0.131. The molecule has 0 spiro atoms. The second kappa shape index (κ2) is 9.53. The Bertz CT molecular complexity index is 838. The molecular formula is C22H26N2O2S. The van der Waals surface area contributed by atoms with Crippen molar-refractivity contribution in [2.24, 2.45) is 0 Å². The van der Waals surface area contributed by atoms with E-state index in [1.807, 2.05) is 28.5 Å². The number of ether oxygens (including phenoxy) is 1. The van der Waals surface area contributed by atoms with Gasteiger partial charge in [-0.25, -0.2) is 0 Å². The summed E-state index contributed by atoms with van der Waals surface area (Å²) < 4.78 is 7.43. The fraction of sp³-hybridized carbons (Fsp3) is 0.318. The number of amides is 1. The standard InChI is InChI=1S/C22H26N2O2S/c1-18-7-9-19(10-8-18)16-23-11-3-5-20(23)17-24(12-13-26-2)22(25)15-21-6-4-14-27-21/h3-11,14H,12-13,15-17H2,1-2H3. The quantitative estimate of drug-likeness (QED) is 0.558. The van der Waals surface area contributed by atoms with Gasteiger partial charge in [0.25, 0.3) is 0 Å². The molecule has 0 saturated carbocycles. The molecule has 3 aromatic rings. The lowest BCUT2D eigenvalue weighted by atomic mass is 10.1. The summed E-state index contributed by atoms with van der Waals surface area (Å²) in [5.41, 5.74) is 3.65. The Hall–Kier alpha value is -2.37. The van der Waals surface area contributed by atoms with E-state index in [-0.39, 0.29) is 5.91 Å². The molecule has 0 aliphatic rings. The largest absolute Gasteiger partial charge is 0.383 e. The monoisotopic (exact) mass is 382 g/mol. The number of carbonyl (C=O) groups excluding carboxylic acids is 1. The van der Waals surface area contributed by atoms with Gasteiger partial charge in [0.15, 0.2) is 0 Å². The molecule has 4 nitrogen and oxygen atoms in total. The first-order valence-electron chi connectivity index (χ1n) is 9.14. The number of hydrogen-bond donors (Lipinski definition) is 0. The van der Waals surface area contributed by atoms with Gasteiger partial charge in [-0.1, -0.05) is 35.9 Å². The van der Waals surface area contributed by atoms with Crippen molar-refractivity contribution in [1.82, 2.24) is 9.47 Å². The van der Waals surface area contributed by atoms with Crippen LogP contribution in [0, 0.1) is 6.92 Å². The van der Waals surface area contributed by atoms with Crippen molar-refractivity contribution in [2.75, 3.05) is 20.3 Å². The third kappa shape index (κ3) is 5.55. The van der Waals surface area contributed by atoms with Crippen LogP contribution in [0.1, 0.15) is 21.7 Å². The number of aromatic nitrogens is 1. The lowest BCUT2D eigenvalue weighted by Gasteiger charge is -2.23. The van der Waals surface area contributed by atoms with Crippen LogP contribution in [0.5, 0.6) is 0 Å². The maximum atomic E-state index is 12.8. The number of hydrogen-bond acceptors (Lipinski definition) is 3. The van der Waals surface area contributed by atoms with Crippen molar-refractivity contribution in [1.29, 1.82) is 0 Å². The van der Waals surface area contributed by atoms with Crippen LogP contribution in [0.15, 0.2) is 60.1 Å². The number of carbonyl (C=O) groups is 1. The first kappa shape index (κ1) is 19.4. The van der Waals surface area contributed by atoms with E-state index in [1.165, 1.54) is 11.1 Å². The highest BCUT2D eigenvalue weighted by atomic mass is 32.1. The molecule has 0 aliphatic heterocycles. The minimum absolute atomic E-state index is 0.137. The highest BCUT2D eigenvalue weighted by Gasteiger charge is 2.16. The summed E-state index contributed by atoms with van der Waals surface area (Å²) in [6.45, 7) is 4.62. The Morgan fingerprint density at radius 1 is 1.15 bits per heavy atom. The highest BCUT2D eigenvalue weighted by molar-refractivity contribution is 7.10. The van der Waals surface area contributed by atoms with Gasteiger partial charge in [-0.15, -0.1) is 11.3 Å². The van der Waals surface area contributed by atoms with Crippen LogP contribution in [0.25, 0.3) is 0 Å². The molecule has 0 saturated heterocycles. The number of nitrogens with zero attached hydrogens (tertiary/aromatic N) is 2. The van der Waals surface area contributed by atoms with E-state index in [1.54, 1.807) is 18.4 Å². The first-order valence-corrected chi connectivity index (χ1v) is 10.0. The molecule has 0 atom stereocenters. The van der Waals surface area contributed by atoms with Gasteiger partial charge in [-0.2, -0.15) is 0 Å². The number of thiophene rings is 1. The van der Waals surface area contributed by atoms with Crippen LogP contribution in [0.3, 0.4) is 0 Å². The fourth-order valence-corrected chi connectivity index (χ4v) is 3.70. The summed E-state index contributed by atoms with van der Waals surface area (Å²) in [4.78, 5) is 15.8. The zero-order valence-corrected chi connectivity index (χ0v) is 16.7. The molecule has 27 heavy (non-hydrogen) atoms. The van der Waals surface area contributed by atoms with Crippen molar-refractivity contribution < 1.29 is 9.53 Å². The van der Waals surface area contributed by atoms with Crippen LogP contribution in [0.2, 0.25) is 0 Å². The molecule has 0 radical (unpaired) electrons. The normalized spacial score (nSPS) is 10.9. The Morgan fingerprint density at radius 2 is 1.96 bits per heavy atom. The van der Waals surface area contributed by atoms with E-state index in [4.69, 9.17) is 4.74 Å². The second-order valence-corrected chi connectivity index (χ2v) is 7.71.